The summed E-state index contributed by atoms with van der Waals surface area (Å²) in [5.74, 6) is -0.123. The van der Waals surface area contributed by atoms with E-state index in [9.17, 15) is 9.59 Å². The zero-order valence-corrected chi connectivity index (χ0v) is 19.4. The Morgan fingerprint density at radius 3 is 2.69 bits per heavy atom. The number of oxazole rings is 1. The number of ether oxygens (including phenoxy) is 1. The zero-order valence-electron chi connectivity index (χ0n) is 19.4. The van der Waals surface area contributed by atoms with E-state index in [0.29, 0.717) is 40.3 Å². The summed E-state index contributed by atoms with van der Waals surface area (Å²) in [6.07, 6.45) is 3.33. The summed E-state index contributed by atoms with van der Waals surface area (Å²) in [7, 11) is 1.52. The molecule has 6 rings (SSSR count). The number of aliphatic imine (C=N–C) groups is 1. The molecule has 1 aliphatic heterocycles. The van der Waals surface area contributed by atoms with E-state index in [1.807, 2.05) is 37.3 Å². The molecule has 4 heterocycles. The Morgan fingerprint density at radius 2 is 1.94 bits per heavy atom. The number of rotatable bonds is 5. The molecule has 0 saturated carbocycles. The van der Waals surface area contributed by atoms with Gasteiger partial charge in [0.1, 0.15) is 17.0 Å². The maximum absolute atomic E-state index is 13.9. The molecular formula is C26H20N6O4. The van der Waals surface area contributed by atoms with Crippen LogP contribution >= 0.6 is 0 Å². The van der Waals surface area contributed by atoms with Gasteiger partial charge in [0.25, 0.3) is 11.5 Å². The smallest absolute Gasteiger partial charge is 0.286 e. The first-order valence-electron chi connectivity index (χ1n) is 11.2. The van der Waals surface area contributed by atoms with Crippen molar-refractivity contribution in [2.75, 3.05) is 13.7 Å². The maximum atomic E-state index is 13.9. The second-order valence-corrected chi connectivity index (χ2v) is 8.21. The largest absolute Gasteiger partial charge is 0.494 e. The average molecular weight is 480 g/mol. The van der Waals surface area contributed by atoms with Gasteiger partial charge >= 0.3 is 0 Å². The third-order valence-electron chi connectivity index (χ3n) is 5.96. The molecule has 2 N–H and O–H groups in total. The number of benzene rings is 2. The fourth-order valence-corrected chi connectivity index (χ4v) is 4.31. The molecule has 0 fully saturated rings. The van der Waals surface area contributed by atoms with Crippen molar-refractivity contribution in [1.29, 1.82) is 0 Å². The van der Waals surface area contributed by atoms with Crippen LogP contribution in [0.25, 0.3) is 39.3 Å². The highest BCUT2D eigenvalue weighted by atomic mass is 16.5. The molecule has 36 heavy (non-hydrogen) atoms. The monoisotopic (exact) mass is 480 g/mol. The zero-order chi connectivity index (χ0) is 24.8. The highest BCUT2D eigenvalue weighted by Gasteiger charge is 2.28. The van der Waals surface area contributed by atoms with Crippen LogP contribution in [-0.2, 0) is 0 Å². The Morgan fingerprint density at radius 1 is 1.11 bits per heavy atom. The number of aromatic amines is 1. The van der Waals surface area contributed by atoms with Crippen LogP contribution in [0.3, 0.4) is 0 Å². The van der Waals surface area contributed by atoms with Gasteiger partial charge in [-0.05, 0) is 30.7 Å². The van der Waals surface area contributed by atoms with Crippen LogP contribution in [-0.4, -0.2) is 45.4 Å². The minimum atomic E-state index is -0.573. The molecule has 10 heteroatoms. The summed E-state index contributed by atoms with van der Waals surface area (Å²) < 4.78 is 12.6. The number of nitrogens with one attached hydrogen (secondary N) is 2. The molecule has 5 aromatic rings. The second-order valence-electron chi connectivity index (χ2n) is 8.21. The van der Waals surface area contributed by atoms with Gasteiger partial charge in [-0.1, -0.05) is 36.4 Å². The summed E-state index contributed by atoms with van der Waals surface area (Å²) >= 11 is 0. The molecule has 10 nitrogen and oxygen atoms in total. The molecule has 1 aliphatic rings. The fraction of sp³-hybridized carbons (Fsp3) is 0.115. The lowest BCUT2D eigenvalue weighted by atomic mass is 10.1. The van der Waals surface area contributed by atoms with Crippen LogP contribution in [0, 0.1) is 6.92 Å². The van der Waals surface area contributed by atoms with Crippen molar-refractivity contribution >= 4 is 28.9 Å². The molecule has 0 unspecified atom stereocenters. The quantitative estimate of drug-likeness (QED) is 0.396. The van der Waals surface area contributed by atoms with Crippen LogP contribution in [0.15, 0.2) is 74.5 Å². The van der Waals surface area contributed by atoms with E-state index in [4.69, 9.17) is 9.15 Å². The van der Waals surface area contributed by atoms with Gasteiger partial charge in [-0.15, -0.1) is 0 Å². The van der Waals surface area contributed by atoms with E-state index in [-0.39, 0.29) is 17.1 Å². The van der Waals surface area contributed by atoms with Gasteiger partial charge in [-0.25, -0.2) is 14.5 Å². The van der Waals surface area contributed by atoms with Gasteiger partial charge in [0.2, 0.25) is 5.89 Å². The van der Waals surface area contributed by atoms with Crippen LogP contribution in [0.2, 0.25) is 0 Å². The van der Waals surface area contributed by atoms with E-state index in [1.165, 1.54) is 11.6 Å². The number of H-pyrrole nitrogens is 1. The molecule has 3 aromatic heterocycles. The Labute approximate surface area is 204 Å². The lowest BCUT2D eigenvalue weighted by molar-refractivity contribution is 0.0963. The van der Waals surface area contributed by atoms with E-state index in [2.05, 4.69) is 25.4 Å². The normalized spacial score (nSPS) is 12.9. The number of aryl methyl sites for hydroxylation is 1. The number of para-hydroxylation sites is 1. The average Bonchev–Trinajstić information content (AvgIpc) is 3.62. The first-order chi connectivity index (χ1) is 17.5. The van der Waals surface area contributed by atoms with Crippen molar-refractivity contribution in [1.82, 2.24) is 24.9 Å². The van der Waals surface area contributed by atoms with E-state index in [0.717, 1.165) is 11.3 Å². The van der Waals surface area contributed by atoms with Crippen LogP contribution in [0.1, 0.15) is 16.2 Å². The summed E-state index contributed by atoms with van der Waals surface area (Å²) in [6.45, 7) is 2.32. The number of aromatic nitrogens is 4. The summed E-state index contributed by atoms with van der Waals surface area (Å²) in [5, 5.41) is 5.86. The molecule has 0 bridgehead atoms. The first kappa shape index (κ1) is 21.5. The molecule has 0 aliphatic carbocycles. The Balaban J connectivity index is 1.63. The second kappa shape index (κ2) is 8.35. The van der Waals surface area contributed by atoms with Crippen molar-refractivity contribution in [3.05, 3.63) is 82.0 Å². The topological polar surface area (TPSA) is 127 Å². The number of carbonyl (C=O) groups is 1. The SMILES string of the molecule is COc1cccc2oc(-c3c(C(=O)NC4=CCN=C4)nc4c(-c5ccccc5)c(C)[nH]n4c3=O)nc12. The summed E-state index contributed by atoms with van der Waals surface area (Å²) in [4.78, 5) is 40.6. The number of allylic oxidation sites excluding steroid dienone is 1. The van der Waals surface area contributed by atoms with Gasteiger partial charge in [0, 0.05) is 17.5 Å². The van der Waals surface area contributed by atoms with Crippen molar-refractivity contribution < 1.29 is 13.9 Å². The number of nitrogens with zero attached hydrogens (tertiary/aromatic N) is 4. The minimum absolute atomic E-state index is 0.0332. The highest BCUT2D eigenvalue weighted by Crippen LogP contribution is 2.32. The van der Waals surface area contributed by atoms with Crippen LogP contribution < -0.4 is 15.6 Å². The van der Waals surface area contributed by atoms with Gasteiger partial charge in [0.15, 0.2) is 16.7 Å². The van der Waals surface area contributed by atoms with E-state index < -0.39 is 11.5 Å². The van der Waals surface area contributed by atoms with E-state index >= 15 is 0 Å². The standard InChI is InChI=1S/C26H20N6O4/c1-14-19(15-7-4-3-5-8-15)23-29-22(24(33)28-16-11-12-27-13-16)20(26(34)32(23)31-14)25-30-21-17(35-2)9-6-10-18(21)36-25/h3-11,13,31H,12H2,1-2H3,(H,28,33). The third-order valence-corrected chi connectivity index (χ3v) is 5.96. The summed E-state index contributed by atoms with van der Waals surface area (Å²) in [6, 6.07) is 14.7. The van der Waals surface area contributed by atoms with Crippen molar-refractivity contribution in [3.8, 4) is 28.3 Å². The third kappa shape index (κ3) is 3.38. The van der Waals surface area contributed by atoms with Gasteiger partial charge in [-0.3, -0.25) is 19.7 Å². The number of hydrogen-bond acceptors (Lipinski definition) is 7. The Hall–Kier alpha value is -4.99. The molecule has 2 aromatic carbocycles. The van der Waals surface area contributed by atoms with Crippen LogP contribution in [0.4, 0.5) is 0 Å². The van der Waals surface area contributed by atoms with Crippen molar-refractivity contribution in [3.63, 3.8) is 0 Å². The molecular weight excluding hydrogens is 460 g/mol. The molecule has 178 valence electrons. The number of amides is 1. The lowest BCUT2D eigenvalue weighted by Crippen LogP contribution is -2.29. The number of hydrogen-bond donors (Lipinski definition) is 2. The van der Waals surface area contributed by atoms with E-state index in [1.54, 1.807) is 30.5 Å². The predicted molar refractivity (Wildman–Crippen MR) is 134 cm³/mol. The number of carbonyl (C=O) groups excluding carboxylic acids is 1. The predicted octanol–water partition coefficient (Wildman–Crippen LogP) is 3.51. The number of fused-ring (bicyclic) bond motifs is 2. The van der Waals surface area contributed by atoms with Crippen molar-refractivity contribution in [2.24, 2.45) is 4.99 Å². The van der Waals surface area contributed by atoms with Crippen molar-refractivity contribution in [2.45, 2.75) is 6.92 Å². The fourth-order valence-electron chi connectivity index (χ4n) is 4.31. The summed E-state index contributed by atoms with van der Waals surface area (Å²) in [5.41, 5.74) is 3.30. The minimum Gasteiger partial charge on any atom is -0.494 e. The van der Waals surface area contributed by atoms with Gasteiger partial charge in [0.05, 0.1) is 19.4 Å². The molecule has 0 saturated heterocycles. The molecule has 0 spiro atoms. The first-order valence-corrected chi connectivity index (χ1v) is 11.2. The van der Waals surface area contributed by atoms with Gasteiger partial charge in [-0.2, -0.15) is 0 Å². The molecule has 0 atom stereocenters. The Kier molecular flexibility index (Phi) is 4.99. The van der Waals surface area contributed by atoms with Crippen LogP contribution in [0.5, 0.6) is 5.75 Å². The molecule has 0 radical (unpaired) electrons. The highest BCUT2D eigenvalue weighted by molar-refractivity contribution is 6.03. The number of methoxy groups -OCH3 is 1. The lowest BCUT2D eigenvalue weighted by Gasteiger charge is -2.08. The molecule has 1 amide bonds. The Bertz CT molecular complexity index is 1780. The van der Waals surface area contributed by atoms with Gasteiger partial charge < -0.3 is 14.5 Å². The maximum Gasteiger partial charge on any atom is 0.286 e.